The number of allylic oxidation sites excluding steroid dienone is 5. The first-order valence-electron chi connectivity index (χ1n) is 27.8. The molecule has 370 valence electrons. The first-order valence-corrected chi connectivity index (χ1v) is 27.8. The number of esters is 1. The Bertz CT molecular complexity index is 1020. The fourth-order valence-electron chi connectivity index (χ4n) is 8.33. The number of unbranched alkanes of at least 4 members (excludes halogenated alkanes) is 36. The molecule has 0 aromatic heterocycles. The van der Waals surface area contributed by atoms with Gasteiger partial charge in [0.05, 0.1) is 25.4 Å². The SMILES string of the molecule is CCCCCCC/C=C\CCCCCCCC(=O)OCCCCCCCCCCCCC/C=C\CCCCCCCCCC(=O)NC(CO)C(O)/C=C/CCCCCCCCCC. The molecular weight excluding hydrogens is 779 g/mol. The van der Waals surface area contributed by atoms with E-state index in [1.807, 2.05) is 6.08 Å². The van der Waals surface area contributed by atoms with Gasteiger partial charge in [-0.05, 0) is 83.5 Å². The minimum Gasteiger partial charge on any atom is -0.466 e. The van der Waals surface area contributed by atoms with Gasteiger partial charge in [0, 0.05) is 12.8 Å². The summed E-state index contributed by atoms with van der Waals surface area (Å²) in [7, 11) is 0. The zero-order valence-corrected chi connectivity index (χ0v) is 42.1. The van der Waals surface area contributed by atoms with Crippen molar-refractivity contribution < 1.29 is 24.5 Å². The summed E-state index contributed by atoms with van der Waals surface area (Å²) in [6.07, 6.45) is 64.5. The molecule has 0 rings (SSSR count). The van der Waals surface area contributed by atoms with Crippen molar-refractivity contribution in [1.82, 2.24) is 5.32 Å². The van der Waals surface area contributed by atoms with Crippen LogP contribution in [-0.2, 0) is 14.3 Å². The molecule has 0 radical (unpaired) electrons. The van der Waals surface area contributed by atoms with Gasteiger partial charge in [-0.2, -0.15) is 0 Å². The Morgan fingerprint density at radius 3 is 1.13 bits per heavy atom. The summed E-state index contributed by atoms with van der Waals surface area (Å²) in [4.78, 5) is 24.4. The topological polar surface area (TPSA) is 95.9 Å². The smallest absolute Gasteiger partial charge is 0.305 e. The van der Waals surface area contributed by atoms with Crippen molar-refractivity contribution in [2.75, 3.05) is 13.2 Å². The first-order chi connectivity index (χ1) is 31.0. The molecule has 6 heteroatoms. The second-order valence-corrected chi connectivity index (χ2v) is 18.9. The zero-order valence-electron chi connectivity index (χ0n) is 42.1. The van der Waals surface area contributed by atoms with Crippen LogP contribution >= 0.6 is 0 Å². The van der Waals surface area contributed by atoms with E-state index in [0.29, 0.717) is 19.4 Å². The van der Waals surface area contributed by atoms with Crippen molar-refractivity contribution in [2.45, 2.75) is 302 Å². The molecule has 3 N–H and O–H groups in total. The number of rotatable bonds is 51. The van der Waals surface area contributed by atoms with Gasteiger partial charge in [0.25, 0.3) is 0 Å². The Labute approximate surface area is 392 Å². The Balaban J connectivity index is 3.42. The maximum atomic E-state index is 12.4. The van der Waals surface area contributed by atoms with Crippen LogP contribution in [0.25, 0.3) is 0 Å². The molecule has 0 spiro atoms. The summed E-state index contributed by atoms with van der Waals surface area (Å²) in [6, 6.07) is -0.631. The van der Waals surface area contributed by atoms with Crippen molar-refractivity contribution in [3.05, 3.63) is 36.5 Å². The van der Waals surface area contributed by atoms with E-state index in [1.165, 1.54) is 212 Å². The van der Waals surface area contributed by atoms with Crippen molar-refractivity contribution in [3.63, 3.8) is 0 Å². The summed E-state index contributed by atoms with van der Waals surface area (Å²) in [6.45, 7) is 4.86. The Morgan fingerprint density at radius 2 is 0.746 bits per heavy atom. The van der Waals surface area contributed by atoms with Gasteiger partial charge in [-0.25, -0.2) is 0 Å². The molecule has 0 aliphatic carbocycles. The number of carbonyl (C=O) groups is 2. The molecule has 63 heavy (non-hydrogen) atoms. The van der Waals surface area contributed by atoms with Crippen LogP contribution in [0.2, 0.25) is 0 Å². The van der Waals surface area contributed by atoms with Crippen LogP contribution in [0.5, 0.6) is 0 Å². The predicted octanol–water partition coefficient (Wildman–Crippen LogP) is 16.9. The highest BCUT2D eigenvalue weighted by Gasteiger charge is 2.18. The molecule has 0 heterocycles. The number of amides is 1. The molecule has 1 amide bonds. The average molecular weight is 886 g/mol. The van der Waals surface area contributed by atoms with Crippen LogP contribution in [0, 0.1) is 0 Å². The van der Waals surface area contributed by atoms with E-state index in [4.69, 9.17) is 4.74 Å². The largest absolute Gasteiger partial charge is 0.466 e. The van der Waals surface area contributed by atoms with E-state index in [0.717, 1.165) is 51.4 Å². The van der Waals surface area contributed by atoms with Gasteiger partial charge in [-0.3, -0.25) is 9.59 Å². The van der Waals surface area contributed by atoms with E-state index in [9.17, 15) is 19.8 Å². The quantitative estimate of drug-likeness (QED) is 0.0321. The fourth-order valence-corrected chi connectivity index (χ4v) is 8.33. The van der Waals surface area contributed by atoms with Crippen LogP contribution in [0.4, 0.5) is 0 Å². The van der Waals surface area contributed by atoms with E-state index >= 15 is 0 Å². The molecule has 2 unspecified atom stereocenters. The van der Waals surface area contributed by atoms with Gasteiger partial charge in [-0.1, -0.05) is 230 Å². The van der Waals surface area contributed by atoms with Crippen molar-refractivity contribution in [1.29, 1.82) is 0 Å². The van der Waals surface area contributed by atoms with Crippen LogP contribution in [-0.4, -0.2) is 47.4 Å². The monoisotopic (exact) mass is 886 g/mol. The second-order valence-electron chi connectivity index (χ2n) is 18.9. The number of aliphatic hydroxyl groups excluding tert-OH is 2. The number of hydrogen-bond acceptors (Lipinski definition) is 5. The Hall–Kier alpha value is -1.92. The van der Waals surface area contributed by atoms with Crippen LogP contribution in [0.1, 0.15) is 290 Å². The summed E-state index contributed by atoms with van der Waals surface area (Å²) in [5, 5.41) is 22.9. The number of ether oxygens (including phenoxy) is 1. The number of hydrogen-bond donors (Lipinski definition) is 3. The van der Waals surface area contributed by atoms with E-state index in [2.05, 4.69) is 43.5 Å². The maximum Gasteiger partial charge on any atom is 0.305 e. The van der Waals surface area contributed by atoms with Crippen molar-refractivity contribution in [3.8, 4) is 0 Å². The lowest BCUT2D eigenvalue weighted by Gasteiger charge is -2.20. The third-order valence-electron chi connectivity index (χ3n) is 12.6. The normalized spacial score (nSPS) is 12.9. The van der Waals surface area contributed by atoms with Gasteiger partial charge >= 0.3 is 5.97 Å². The molecule has 2 atom stereocenters. The summed E-state index contributed by atoms with van der Waals surface area (Å²) >= 11 is 0. The zero-order chi connectivity index (χ0) is 45.8. The highest BCUT2D eigenvalue weighted by atomic mass is 16.5. The maximum absolute atomic E-state index is 12.4. The van der Waals surface area contributed by atoms with Gasteiger partial charge < -0.3 is 20.3 Å². The number of aliphatic hydroxyl groups is 2. The van der Waals surface area contributed by atoms with Crippen LogP contribution in [0.3, 0.4) is 0 Å². The molecule has 0 bridgehead atoms. The molecule has 0 aliphatic heterocycles. The van der Waals surface area contributed by atoms with Gasteiger partial charge in [0.15, 0.2) is 0 Å². The third-order valence-corrected chi connectivity index (χ3v) is 12.6. The fraction of sp³-hybridized carbons (Fsp3) is 0.860. The lowest BCUT2D eigenvalue weighted by Crippen LogP contribution is -2.45. The lowest BCUT2D eigenvalue weighted by atomic mass is 10.0. The Morgan fingerprint density at radius 1 is 0.429 bits per heavy atom. The van der Waals surface area contributed by atoms with Gasteiger partial charge in [0.1, 0.15) is 0 Å². The molecule has 0 saturated heterocycles. The molecule has 0 aromatic rings. The van der Waals surface area contributed by atoms with E-state index < -0.39 is 12.1 Å². The third kappa shape index (κ3) is 49.4. The molecule has 0 aliphatic rings. The van der Waals surface area contributed by atoms with Crippen LogP contribution < -0.4 is 5.32 Å². The molecule has 0 fully saturated rings. The lowest BCUT2D eigenvalue weighted by molar-refractivity contribution is -0.143. The molecule has 0 saturated carbocycles. The first kappa shape index (κ1) is 61.1. The van der Waals surface area contributed by atoms with E-state index in [-0.39, 0.29) is 18.5 Å². The van der Waals surface area contributed by atoms with Crippen molar-refractivity contribution >= 4 is 11.9 Å². The number of carbonyl (C=O) groups excluding carboxylic acids is 2. The summed E-state index contributed by atoms with van der Waals surface area (Å²) < 4.78 is 5.47. The van der Waals surface area contributed by atoms with Crippen LogP contribution in [0.15, 0.2) is 36.5 Å². The van der Waals surface area contributed by atoms with E-state index in [1.54, 1.807) is 6.08 Å². The predicted molar refractivity (Wildman–Crippen MR) is 273 cm³/mol. The average Bonchev–Trinajstić information content (AvgIpc) is 3.28. The second kappa shape index (κ2) is 52.7. The molecule has 0 aromatic carbocycles. The minimum atomic E-state index is -0.847. The highest BCUT2D eigenvalue weighted by molar-refractivity contribution is 5.76. The highest BCUT2D eigenvalue weighted by Crippen LogP contribution is 2.15. The number of nitrogens with one attached hydrogen (secondary N) is 1. The van der Waals surface area contributed by atoms with Gasteiger partial charge in [-0.15, -0.1) is 0 Å². The molecule has 6 nitrogen and oxygen atoms in total. The molecular formula is C57H107NO5. The van der Waals surface area contributed by atoms with Crippen molar-refractivity contribution in [2.24, 2.45) is 0 Å². The minimum absolute atomic E-state index is 0.000234. The Kier molecular flexibility index (Phi) is 51.1. The standard InChI is InChI=1S/C57H107NO5/c1-3-5-7-9-11-13-15-16-28-31-35-39-43-47-51-57(62)63-52-48-44-40-36-32-29-26-24-22-20-18-17-19-21-23-25-27-30-34-38-42-46-50-56(61)58-54(53-59)55(60)49-45-41-37-33-14-12-10-8-6-4-2/h15-16,19,21,45,49,54-55,59-60H,3-14,17-18,20,22-44,46-48,50-53H2,1-2H3,(H,58,61)/b16-15-,21-19-,49-45+. The van der Waals surface area contributed by atoms with Gasteiger partial charge in [0.2, 0.25) is 5.91 Å². The summed E-state index contributed by atoms with van der Waals surface area (Å²) in [5.41, 5.74) is 0. The summed E-state index contributed by atoms with van der Waals surface area (Å²) in [5.74, 6) is -0.0772.